The number of fused-ring (bicyclic) bond motifs is 1. The number of hydrogen-bond acceptors (Lipinski definition) is 2. The van der Waals surface area contributed by atoms with Crippen LogP contribution >= 0.6 is 0 Å². The summed E-state index contributed by atoms with van der Waals surface area (Å²) < 4.78 is 15.7. The van der Waals surface area contributed by atoms with Crippen LogP contribution in [-0.2, 0) is 6.54 Å². The van der Waals surface area contributed by atoms with Crippen LogP contribution < -0.4 is 5.73 Å². The predicted octanol–water partition coefficient (Wildman–Crippen LogP) is 2.65. The summed E-state index contributed by atoms with van der Waals surface area (Å²) in [4.78, 5) is 4.41. The quantitative estimate of drug-likeness (QED) is 0.888. The van der Waals surface area contributed by atoms with Crippen LogP contribution in [0.5, 0.6) is 0 Å². The van der Waals surface area contributed by atoms with E-state index in [4.69, 9.17) is 5.73 Å². The highest BCUT2D eigenvalue weighted by molar-refractivity contribution is 5.76. The minimum absolute atomic E-state index is 0.000161. The predicted molar refractivity (Wildman–Crippen MR) is 67.4 cm³/mol. The smallest absolute Gasteiger partial charge is 0.151 e. The summed E-state index contributed by atoms with van der Waals surface area (Å²) in [5.41, 5.74) is 7.19. The topological polar surface area (TPSA) is 43.8 Å². The van der Waals surface area contributed by atoms with Crippen LogP contribution in [0.15, 0.2) is 18.2 Å². The summed E-state index contributed by atoms with van der Waals surface area (Å²) in [6, 6.07) is 5.05. The zero-order chi connectivity index (χ0) is 12.6. The summed E-state index contributed by atoms with van der Waals surface area (Å²) in [5, 5.41) is 0. The second-order valence-corrected chi connectivity index (χ2v) is 4.47. The van der Waals surface area contributed by atoms with E-state index in [-0.39, 0.29) is 17.8 Å². The van der Waals surface area contributed by atoms with Crippen molar-refractivity contribution >= 4 is 11.0 Å². The van der Waals surface area contributed by atoms with Crippen LogP contribution in [0.1, 0.15) is 32.5 Å². The molecule has 3 nitrogen and oxygen atoms in total. The van der Waals surface area contributed by atoms with Gasteiger partial charge in [-0.25, -0.2) is 9.37 Å². The van der Waals surface area contributed by atoms with Crippen molar-refractivity contribution in [1.82, 2.24) is 9.55 Å². The molecule has 2 unspecified atom stereocenters. The Kier molecular flexibility index (Phi) is 3.15. The molecule has 0 radical (unpaired) electrons. The molecule has 1 heterocycles. The van der Waals surface area contributed by atoms with E-state index < -0.39 is 0 Å². The first-order valence-corrected chi connectivity index (χ1v) is 5.96. The number of para-hydroxylation sites is 1. The molecule has 92 valence electrons. The van der Waals surface area contributed by atoms with Gasteiger partial charge in [0.2, 0.25) is 0 Å². The maximum absolute atomic E-state index is 13.7. The standard InChI is InChI=1S/C13H18FN3/c1-4-17-11-7-5-6-10(14)12(11)16-13(17)8(2)9(3)15/h5-9H,4,15H2,1-3H3. The highest BCUT2D eigenvalue weighted by Crippen LogP contribution is 2.25. The van der Waals surface area contributed by atoms with Gasteiger partial charge in [-0.2, -0.15) is 0 Å². The van der Waals surface area contributed by atoms with E-state index in [1.54, 1.807) is 6.07 Å². The van der Waals surface area contributed by atoms with Gasteiger partial charge in [-0.05, 0) is 26.0 Å². The second-order valence-electron chi connectivity index (χ2n) is 4.47. The molecule has 1 aromatic heterocycles. The van der Waals surface area contributed by atoms with E-state index in [9.17, 15) is 4.39 Å². The average Bonchev–Trinajstić information content (AvgIpc) is 2.67. The Hall–Kier alpha value is -1.42. The molecule has 0 aliphatic carbocycles. The van der Waals surface area contributed by atoms with E-state index >= 15 is 0 Å². The normalized spacial score (nSPS) is 15.1. The molecule has 0 saturated carbocycles. The van der Waals surface area contributed by atoms with Gasteiger partial charge in [-0.15, -0.1) is 0 Å². The first-order valence-electron chi connectivity index (χ1n) is 5.96. The largest absolute Gasteiger partial charge is 0.328 e. The zero-order valence-corrected chi connectivity index (χ0v) is 10.4. The van der Waals surface area contributed by atoms with Gasteiger partial charge >= 0.3 is 0 Å². The molecule has 0 fully saturated rings. The van der Waals surface area contributed by atoms with E-state index in [0.29, 0.717) is 5.52 Å². The van der Waals surface area contributed by atoms with Crippen molar-refractivity contribution in [3.63, 3.8) is 0 Å². The summed E-state index contributed by atoms with van der Waals surface area (Å²) in [5.74, 6) is 0.706. The van der Waals surface area contributed by atoms with Crippen LogP contribution in [-0.4, -0.2) is 15.6 Å². The zero-order valence-electron chi connectivity index (χ0n) is 10.4. The fourth-order valence-corrected chi connectivity index (χ4v) is 2.05. The molecule has 2 aromatic rings. The second kappa shape index (κ2) is 4.45. The third kappa shape index (κ3) is 1.93. The number of benzene rings is 1. The monoisotopic (exact) mass is 235 g/mol. The Balaban J connectivity index is 2.68. The number of rotatable bonds is 3. The number of halogens is 1. The van der Waals surface area contributed by atoms with Crippen molar-refractivity contribution in [2.45, 2.75) is 39.3 Å². The third-order valence-corrected chi connectivity index (χ3v) is 3.27. The highest BCUT2D eigenvalue weighted by atomic mass is 19.1. The molecule has 0 spiro atoms. The first-order chi connectivity index (χ1) is 8.06. The van der Waals surface area contributed by atoms with Crippen LogP contribution in [0.2, 0.25) is 0 Å². The van der Waals surface area contributed by atoms with E-state index in [1.165, 1.54) is 6.07 Å². The van der Waals surface area contributed by atoms with Gasteiger partial charge in [0.25, 0.3) is 0 Å². The molecule has 0 aliphatic heterocycles. The van der Waals surface area contributed by atoms with Crippen LogP contribution in [0.4, 0.5) is 4.39 Å². The Labute approximate surface area is 100 Å². The van der Waals surface area contributed by atoms with Gasteiger partial charge < -0.3 is 10.3 Å². The minimum atomic E-state index is -0.271. The molecular weight excluding hydrogens is 217 g/mol. The lowest BCUT2D eigenvalue weighted by atomic mass is 10.0. The van der Waals surface area contributed by atoms with Crippen molar-refractivity contribution in [2.24, 2.45) is 5.73 Å². The van der Waals surface area contributed by atoms with Gasteiger partial charge in [0, 0.05) is 18.5 Å². The van der Waals surface area contributed by atoms with Crippen molar-refractivity contribution in [2.75, 3.05) is 0 Å². The van der Waals surface area contributed by atoms with Crippen molar-refractivity contribution in [3.05, 3.63) is 29.8 Å². The van der Waals surface area contributed by atoms with Crippen LogP contribution in [0.25, 0.3) is 11.0 Å². The third-order valence-electron chi connectivity index (χ3n) is 3.27. The highest BCUT2D eigenvalue weighted by Gasteiger charge is 2.19. The van der Waals surface area contributed by atoms with Crippen molar-refractivity contribution < 1.29 is 4.39 Å². The summed E-state index contributed by atoms with van der Waals surface area (Å²) in [6.07, 6.45) is 0. The molecule has 0 saturated heterocycles. The lowest BCUT2D eigenvalue weighted by molar-refractivity contribution is 0.550. The molecule has 17 heavy (non-hydrogen) atoms. The fourth-order valence-electron chi connectivity index (χ4n) is 2.05. The average molecular weight is 235 g/mol. The summed E-state index contributed by atoms with van der Waals surface area (Å²) >= 11 is 0. The fraction of sp³-hybridized carbons (Fsp3) is 0.462. The van der Waals surface area contributed by atoms with Gasteiger partial charge in [-0.1, -0.05) is 13.0 Å². The molecular formula is C13H18FN3. The molecule has 2 N–H and O–H groups in total. The van der Waals surface area contributed by atoms with E-state index in [2.05, 4.69) is 4.98 Å². The number of aryl methyl sites for hydroxylation is 1. The summed E-state index contributed by atoms with van der Waals surface area (Å²) in [6.45, 7) is 6.77. The Morgan fingerprint density at radius 3 is 2.71 bits per heavy atom. The van der Waals surface area contributed by atoms with Gasteiger partial charge in [0.05, 0.1) is 5.52 Å². The molecule has 1 aromatic carbocycles. The first kappa shape index (κ1) is 12.0. The number of hydrogen-bond donors (Lipinski definition) is 1. The van der Waals surface area contributed by atoms with Crippen molar-refractivity contribution in [3.8, 4) is 0 Å². The Morgan fingerprint density at radius 2 is 2.12 bits per heavy atom. The number of nitrogens with zero attached hydrogens (tertiary/aromatic N) is 2. The van der Waals surface area contributed by atoms with E-state index in [0.717, 1.165) is 17.9 Å². The lowest BCUT2D eigenvalue weighted by Gasteiger charge is -2.16. The number of nitrogens with two attached hydrogens (primary N) is 1. The van der Waals surface area contributed by atoms with Crippen LogP contribution in [0.3, 0.4) is 0 Å². The Bertz CT molecular complexity index is 531. The SMILES string of the molecule is CCn1c(C(C)C(C)N)nc2c(F)cccc21. The molecule has 4 heteroatoms. The maximum Gasteiger partial charge on any atom is 0.151 e. The van der Waals surface area contributed by atoms with Gasteiger partial charge in [0.1, 0.15) is 11.3 Å². The molecule has 0 bridgehead atoms. The number of aromatic nitrogens is 2. The van der Waals surface area contributed by atoms with E-state index in [1.807, 2.05) is 31.4 Å². The maximum atomic E-state index is 13.7. The van der Waals surface area contributed by atoms with Crippen molar-refractivity contribution in [1.29, 1.82) is 0 Å². The van der Waals surface area contributed by atoms with Gasteiger partial charge in [0.15, 0.2) is 5.82 Å². The Morgan fingerprint density at radius 1 is 1.41 bits per heavy atom. The summed E-state index contributed by atoms with van der Waals surface area (Å²) in [7, 11) is 0. The molecule has 0 aliphatic rings. The molecule has 2 atom stereocenters. The molecule has 0 amide bonds. The number of imidazole rings is 1. The lowest BCUT2D eigenvalue weighted by Crippen LogP contribution is -2.25. The minimum Gasteiger partial charge on any atom is -0.328 e. The molecule has 2 rings (SSSR count). The van der Waals surface area contributed by atoms with Gasteiger partial charge in [-0.3, -0.25) is 0 Å². The van der Waals surface area contributed by atoms with Crippen LogP contribution in [0, 0.1) is 5.82 Å².